The summed E-state index contributed by atoms with van der Waals surface area (Å²) in [5.74, 6) is -0.475. The molecule has 1 heterocycles. The van der Waals surface area contributed by atoms with Crippen molar-refractivity contribution in [3.63, 3.8) is 0 Å². The van der Waals surface area contributed by atoms with Gasteiger partial charge < -0.3 is 18.9 Å². The Kier molecular flexibility index (Phi) is 9.99. The molecule has 1 aliphatic rings. The maximum atomic E-state index is 5.99. The molecule has 0 aromatic heterocycles. The number of hydrogen-bond donors (Lipinski definition) is 0. The van der Waals surface area contributed by atoms with Crippen molar-refractivity contribution in [1.82, 2.24) is 0 Å². The number of allylic oxidation sites excluding steroid dienone is 1. The lowest BCUT2D eigenvalue weighted by Crippen LogP contribution is -2.26. The molecule has 0 bridgehead atoms. The molecule has 24 heavy (non-hydrogen) atoms. The van der Waals surface area contributed by atoms with Gasteiger partial charge in [-0.2, -0.15) is 0 Å². The molecule has 0 aliphatic carbocycles. The van der Waals surface area contributed by atoms with E-state index in [4.69, 9.17) is 18.9 Å². The van der Waals surface area contributed by atoms with Crippen LogP contribution in [0.5, 0.6) is 0 Å². The third-order valence-electron chi connectivity index (χ3n) is 3.92. The monoisotopic (exact) mass is 470 g/mol. The quantitative estimate of drug-likeness (QED) is 0.106. The molecule has 0 aromatic rings. The molecule has 2 atom stereocenters. The molecule has 0 unspecified atom stereocenters. The van der Waals surface area contributed by atoms with Crippen LogP contribution in [-0.2, 0) is 18.9 Å². The second kappa shape index (κ2) is 10.6. The van der Waals surface area contributed by atoms with E-state index in [0.717, 1.165) is 23.9 Å². The SMILES string of the molecule is C/C(=C\C[C@H](C[C@H]1COC(C)(C)O1)OCOCC[Si](C)(C)C)CI. The lowest BCUT2D eigenvalue weighted by Gasteiger charge is -2.22. The van der Waals surface area contributed by atoms with Gasteiger partial charge in [-0.15, -0.1) is 0 Å². The molecule has 4 nitrogen and oxygen atoms in total. The van der Waals surface area contributed by atoms with Gasteiger partial charge in [-0.1, -0.05) is 53.9 Å². The summed E-state index contributed by atoms with van der Waals surface area (Å²) in [5.41, 5.74) is 1.38. The Labute approximate surface area is 162 Å². The van der Waals surface area contributed by atoms with Crippen LogP contribution in [0.25, 0.3) is 0 Å². The first kappa shape index (κ1) is 22.6. The summed E-state index contributed by atoms with van der Waals surface area (Å²) >= 11 is 2.39. The zero-order valence-electron chi connectivity index (χ0n) is 16.2. The van der Waals surface area contributed by atoms with Gasteiger partial charge in [-0.25, -0.2) is 0 Å². The van der Waals surface area contributed by atoms with E-state index in [1.807, 2.05) is 13.8 Å². The molecule has 0 spiro atoms. The highest BCUT2D eigenvalue weighted by atomic mass is 127. The minimum Gasteiger partial charge on any atom is -0.356 e. The molecule has 6 heteroatoms. The Morgan fingerprint density at radius 3 is 2.62 bits per heavy atom. The van der Waals surface area contributed by atoms with Crippen LogP contribution in [0.3, 0.4) is 0 Å². The maximum absolute atomic E-state index is 5.99. The van der Waals surface area contributed by atoms with Crippen LogP contribution in [0.2, 0.25) is 25.7 Å². The molecule has 0 aromatic carbocycles. The van der Waals surface area contributed by atoms with Gasteiger partial charge in [0.2, 0.25) is 0 Å². The molecule has 0 radical (unpaired) electrons. The van der Waals surface area contributed by atoms with Crippen molar-refractivity contribution in [2.24, 2.45) is 0 Å². The summed E-state index contributed by atoms with van der Waals surface area (Å²) in [5, 5.41) is 0. The summed E-state index contributed by atoms with van der Waals surface area (Å²) in [4.78, 5) is 0. The fourth-order valence-electron chi connectivity index (χ4n) is 2.37. The van der Waals surface area contributed by atoms with Gasteiger partial charge in [0.25, 0.3) is 0 Å². The van der Waals surface area contributed by atoms with Gasteiger partial charge in [0, 0.05) is 25.5 Å². The predicted octanol–water partition coefficient (Wildman–Crippen LogP) is 5.00. The molecule has 1 aliphatic heterocycles. The zero-order valence-corrected chi connectivity index (χ0v) is 19.4. The average molecular weight is 470 g/mol. The summed E-state index contributed by atoms with van der Waals surface area (Å²) in [6.45, 7) is 14.9. The lowest BCUT2D eigenvalue weighted by atomic mass is 10.1. The van der Waals surface area contributed by atoms with Crippen molar-refractivity contribution in [2.45, 2.75) is 77.3 Å². The highest BCUT2D eigenvalue weighted by Gasteiger charge is 2.34. The Bertz CT molecular complexity index is 393. The van der Waals surface area contributed by atoms with Gasteiger partial charge in [-0.05, 0) is 33.2 Å². The average Bonchev–Trinajstić information content (AvgIpc) is 2.81. The van der Waals surface area contributed by atoms with E-state index in [1.54, 1.807) is 0 Å². The van der Waals surface area contributed by atoms with Gasteiger partial charge >= 0.3 is 0 Å². The van der Waals surface area contributed by atoms with Crippen LogP contribution < -0.4 is 0 Å². The highest BCUT2D eigenvalue weighted by Crippen LogP contribution is 2.26. The van der Waals surface area contributed by atoms with Crippen LogP contribution in [0.15, 0.2) is 11.6 Å². The van der Waals surface area contributed by atoms with Crippen molar-refractivity contribution in [2.75, 3.05) is 24.4 Å². The van der Waals surface area contributed by atoms with Gasteiger partial charge in [0.15, 0.2) is 5.79 Å². The van der Waals surface area contributed by atoms with E-state index in [0.29, 0.717) is 13.4 Å². The van der Waals surface area contributed by atoms with Crippen LogP contribution in [0.4, 0.5) is 0 Å². The maximum Gasteiger partial charge on any atom is 0.163 e. The van der Waals surface area contributed by atoms with E-state index >= 15 is 0 Å². The van der Waals surface area contributed by atoms with Crippen molar-refractivity contribution in [3.05, 3.63) is 11.6 Å². The second-order valence-electron chi connectivity index (χ2n) is 8.23. The standard InChI is InChI=1S/C18H35IO4Si/c1-15(12-19)7-8-16(11-17-13-22-18(2,3)23-17)21-14-20-9-10-24(4,5)6/h7,16-17H,8-14H2,1-6H3/b15-7+/t16-,17+/m1/s1. The first-order valence-electron chi connectivity index (χ1n) is 8.84. The third-order valence-corrected chi connectivity index (χ3v) is 6.82. The highest BCUT2D eigenvalue weighted by molar-refractivity contribution is 14.1. The second-order valence-corrected chi connectivity index (χ2v) is 14.6. The summed E-state index contributed by atoms with van der Waals surface area (Å²) in [7, 11) is -1.04. The third kappa shape index (κ3) is 10.5. The molecule has 142 valence electrons. The summed E-state index contributed by atoms with van der Waals surface area (Å²) in [6.07, 6.45) is 4.20. The fraction of sp³-hybridized carbons (Fsp3) is 0.889. The largest absolute Gasteiger partial charge is 0.356 e. The van der Waals surface area contributed by atoms with E-state index in [1.165, 1.54) is 11.6 Å². The summed E-state index contributed by atoms with van der Waals surface area (Å²) in [6, 6.07) is 1.17. The first-order chi connectivity index (χ1) is 11.1. The van der Waals surface area contributed by atoms with Crippen LogP contribution in [0.1, 0.15) is 33.6 Å². The lowest BCUT2D eigenvalue weighted by molar-refractivity contribution is -0.147. The van der Waals surface area contributed by atoms with Crippen molar-refractivity contribution < 1.29 is 18.9 Å². The number of hydrogen-bond acceptors (Lipinski definition) is 4. The molecule has 1 rings (SSSR count). The molecule has 1 fully saturated rings. The number of ether oxygens (including phenoxy) is 4. The van der Waals surface area contributed by atoms with E-state index in [2.05, 4.69) is 55.2 Å². The molecule has 1 saturated heterocycles. The minimum absolute atomic E-state index is 0.0975. The van der Waals surface area contributed by atoms with Gasteiger partial charge in [-0.3, -0.25) is 0 Å². The normalized spacial score (nSPS) is 22.8. The minimum atomic E-state index is -1.04. The van der Waals surface area contributed by atoms with Crippen molar-refractivity contribution in [1.29, 1.82) is 0 Å². The van der Waals surface area contributed by atoms with Crippen molar-refractivity contribution >= 4 is 30.7 Å². The number of halogens is 1. The van der Waals surface area contributed by atoms with Gasteiger partial charge in [0.1, 0.15) is 6.79 Å². The van der Waals surface area contributed by atoms with E-state index in [-0.39, 0.29) is 12.2 Å². The zero-order chi connectivity index (χ0) is 18.2. The van der Waals surface area contributed by atoms with E-state index < -0.39 is 13.9 Å². The molecule has 0 amide bonds. The number of rotatable bonds is 11. The van der Waals surface area contributed by atoms with E-state index in [9.17, 15) is 0 Å². The Morgan fingerprint density at radius 2 is 2.08 bits per heavy atom. The molecular weight excluding hydrogens is 435 g/mol. The van der Waals surface area contributed by atoms with Crippen LogP contribution >= 0.6 is 22.6 Å². The Balaban J connectivity index is 2.40. The molecule has 0 N–H and O–H groups in total. The first-order valence-corrected chi connectivity index (χ1v) is 14.1. The topological polar surface area (TPSA) is 36.9 Å². The van der Waals surface area contributed by atoms with Gasteiger partial charge in [0.05, 0.1) is 18.8 Å². The molecule has 0 saturated carbocycles. The number of alkyl halides is 1. The Hall–Kier alpha value is 0.527. The van der Waals surface area contributed by atoms with Crippen molar-refractivity contribution in [3.8, 4) is 0 Å². The summed E-state index contributed by atoms with van der Waals surface area (Å²) < 4.78 is 24.3. The predicted molar refractivity (Wildman–Crippen MR) is 111 cm³/mol. The fourth-order valence-corrected chi connectivity index (χ4v) is 3.44. The molecular formula is C18H35IO4Si. The van der Waals surface area contributed by atoms with Crippen LogP contribution in [-0.4, -0.2) is 50.5 Å². The smallest absolute Gasteiger partial charge is 0.163 e. The van der Waals surface area contributed by atoms with Crippen LogP contribution in [0, 0.1) is 0 Å². The Morgan fingerprint density at radius 1 is 1.38 bits per heavy atom.